The smallest absolute Gasteiger partial charge is 0.261 e. The van der Waals surface area contributed by atoms with Crippen molar-refractivity contribution in [2.24, 2.45) is 5.10 Å². The molecular weight excluding hydrogens is 388 g/mol. The zero-order valence-electron chi connectivity index (χ0n) is 17.3. The van der Waals surface area contributed by atoms with E-state index in [-0.39, 0.29) is 12.5 Å². The number of hydrogen-bond donors (Lipinski definition) is 1. The summed E-state index contributed by atoms with van der Waals surface area (Å²) in [5, 5.41) is 12.1. The Balaban J connectivity index is 1.33. The normalized spacial score (nSPS) is 11.1. The molecule has 0 aliphatic rings. The molecule has 0 aliphatic carbocycles. The van der Waals surface area contributed by atoms with Gasteiger partial charge in [0.15, 0.2) is 0 Å². The van der Waals surface area contributed by atoms with Crippen LogP contribution in [0.3, 0.4) is 0 Å². The van der Waals surface area contributed by atoms with E-state index >= 15 is 0 Å². The third-order valence-corrected chi connectivity index (χ3v) is 4.97. The van der Waals surface area contributed by atoms with Gasteiger partial charge in [-0.15, -0.1) is 5.10 Å². The topological polar surface area (TPSA) is 75.4 Å². The summed E-state index contributed by atoms with van der Waals surface area (Å²) in [5.41, 5.74) is 7.44. The van der Waals surface area contributed by atoms with Gasteiger partial charge in [0.2, 0.25) is 0 Å². The zero-order chi connectivity index (χ0) is 21.5. The molecule has 4 aromatic rings. The van der Waals surface area contributed by atoms with Gasteiger partial charge in [0.05, 0.1) is 11.7 Å². The maximum Gasteiger partial charge on any atom is 0.261 e. The first-order valence-corrected chi connectivity index (χ1v) is 10.2. The fraction of sp³-hybridized carbons (Fsp3) is 0.167. The molecule has 7 nitrogen and oxygen atoms in total. The molecule has 31 heavy (non-hydrogen) atoms. The number of anilines is 1. The molecule has 0 fully saturated rings. The van der Waals surface area contributed by atoms with E-state index in [1.54, 1.807) is 10.9 Å². The van der Waals surface area contributed by atoms with E-state index in [1.807, 2.05) is 42.5 Å². The largest absolute Gasteiger partial charge is 0.367 e. The molecule has 4 rings (SSSR count). The average Bonchev–Trinajstić information content (AvgIpc) is 3.21. The van der Waals surface area contributed by atoms with E-state index in [1.165, 1.54) is 5.56 Å². The van der Waals surface area contributed by atoms with Crippen molar-refractivity contribution in [2.75, 3.05) is 11.4 Å². The van der Waals surface area contributed by atoms with Crippen molar-refractivity contribution in [1.82, 2.24) is 20.4 Å². The molecule has 0 saturated carbocycles. The van der Waals surface area contributed by atoms with Gasteiger partial charge < -0.3 is 4.90 Å². The van der Waals surface area contributed by atoms with Crippen molar-refractivity contribution in [1.29, 1.82) is 0 Å². The third-order valence-electron chi connectivity index (χ3n) is 4.97. The fourth-order valence-corrected chi connectivity index (χ4v) is 3.34. The summed E-state index contributed by atoms with van der Waals surface area (Å²) < 4.78 is 1.56. The van der Waals surface area contributed by atoms with Crippen LogP contribution in [0.2, 0.25) is 0 Å². The maximum atomic E-state index is 12.2. The van der Waals surface area contributed by atoms with Crippen LogP contribution >= 0.6 is 0 Å². The van der Waals surface area contributed by atoms with Crippen molar-refractivity contribution in [3.8, 4) is 0 Å². The van der Waals surface area contributed by atoms with Gasteiger partial charge in [-0.2, -0.15) is 5.10 Å². The number of carbonyl (C=O) groups excluding carboxylic acids is 1. The lowest BCUT2D eigenvalue weighted by molar-refractivity contribution is -0.121. The van der Waals surface area contributed by atoms with Crippen LogP contribution in [-0.4, -0.2) is 33.7 Å². The summed E-state index contributed by atoms with van der Waals surface area (Å²) in [6.45, 7) is 3.97. The minimum Gasteiger partial charge on any atom is -0.367 e. The molecule has 3 aromatic carbocycles. The van der Waals surface area contributed by atoms with Crippen LogP contribution < -0.4 is 10.3 Å². The van der Waals surface area contributed by atoms with Crippen molar-refractivity contribution in [3.05, 3.63) is 90.0 Å². The number of rotatable bonds is 8. The van der Waals surface area contributed by atoms with E-state index in [0.717, 1.165) is 35.4 Å². The first-order chi connectivity index (χ1) is 15.2. The Labute approximate surface area is 181 Å². The van der Waals surface area contributed by atoms with Crippen molar-refractivity contribution >= 4 is 28.8 Å². The second-order valence-corrected chi connectivity index (χ2v) is 7.12. The van der Waals surface area contributed by atoms with Gasteiger partial charge in [0.1, 0.15) is 12.1 Å². The molecule has 1 amide bonds. The molecule has 0 radical (unpaired) electrons. The van der Waals surface area contributed by atoms with Gasteiger partial charge in [0, 0.05) is 18.8 Å². The van der Waals surface area contributed by atoms with E-state index < -0.39 is 0 Å². The number of para-hydroxylation sites is 1. The summed E-state index contributed by atoms with van der Waals surface area (Å²) in [6.07, 6.45) is 1.63. The zero-order valence-corrected chi connectivity index (χ0v) is 17.3. The van der Waals surface area contributed by atoms with Gasteiger partial charge >= 0.3 is 0 Å². The van der Waals surface area contributed by atoms with Crippen molar-refractivity contribution < 1.29 is 4.79 Å². The highest BCUT2D eigenvalue weighted by Crippen LogP contribution is 2.17. The summed E-state index contributed by atoms with van der Waals surface area (Å²) in [4.78, 5) is 14.5. The van der Waals surface area contributed by atoms with Crippen molar-refractivity contribution in [3.63, 3.8) is 0 Å². The van der Waals surface area contributed by atoms with E-state index in [0.29, 0.717) is 0 Å². The van der Waals surface area contributed by atoms with Crippen LogP contribution in [0.1, 0.15) is 18.1 Å². The van der Waals surface area contributed by atoms with Crippen LogP contribution in [-0.2, 0) is 17.9 Å². The minimum absolute atomic E-state index is 0.0573. The monoisotopic (exact) mass is 412 g/mol. The lowest BCUT2D eigenvalue weighted by Crippen LogP contribution is -2.23. The first-order valence-electron chi connectivity index (χ1n) is 10.2. The maximum absolute atomic E-state index is 12.2. The summed E-state index contributed by atoms with van der Waals surface area (Å²) >= 11 is 0. The molecule has 0 saturated heterocycles. The molecular formula is C24H24N6O. The number of nitrogens with one attached hydrogen (secondary N) is 1. The van der Waals surface area contributed by atoms with Gasteiger partial charge in [-0.25, -0.2) is 10.1 Å². The van der Waals surface area contributed by atoms with Crippen molar-refractivity contribution in [2.45, 2.75) is 20.0 Å². The van der Waals surface area contributed by atoms with Gasteiger partial charge in [-0.3, -0.25) is 4.79 Å². The highest BCUT2D eigenvalue weighted by molar-refractivity contribution is 5.83. The number of fused-ring (bicyclic) bond motifs is 1. The van der Waals surface area contributed by atoms with Crippen LogP contribution in [0.5, 0.6) is 0 Å². The summed E-state index contributed by atoms with van der Waals surface area (Å²) in [7, 11) is 0. The average molecular weight is 412 g/mol. The quantitative estimate of drug-likeness (QED) is 0.354. The number of amides is 1. The van der Waals surface area contributed by atoms with Gasteiger partial charge in [-0.1, -0.05) is 59.8 Å². The van der Waals surface area contributed by atoms with Crippen LogP contribution in [0.25, 0.3) is 11.0 Å². The van der Waals surface area contributed by atoms with E-state index in [9.17, 15) is 4.79 Å². The highest BCUT2D eigenvalue weighted by Gasteiger charge is 2.08. The summed E-state index contributed by atoms with van der Waals surface area (Å²) in [5.74, 6) is -0.261. The molecule has 0 spiro atoms. The van der Waals surface area contributed by atoms with Gasteiger partial charge in [-0.05, 0) is 42.3 Å². The molecule has 7 heteroatoms. The first kappa shape index (κ1) is 20.3. The lowest BCUT2D eigenvalue weighted by atomic mass is 10.1. The SMILES string of the molecule is CCN(Cc1ccccc1)c1ccc(/C=N\NC(=O)Cn2nnc3ccccc32)cc1. The molecule has 0 atom stereocenters. The number of benzene rings is 3. The molecule has 0 bridgehead atoms. The number of hydrazone groups is 1. The molecule has 156 valence electrons. The molecule has 0 aliphatic heterocycles. The Kier molecular flexibility index (Phi) is 6.32. The Hall–Kier alpha value is -4.00. The minimum atomic E-state index is -0.261. The fourth-order valence-electron chi connectivity index (χ4n) is 3.34. The number of nitrogens with zero attached hydrogens (tertiary/aromatic N) is 5. The van der Waals surface area contributed by atoms with E-state index in [2.05, 4.69) is 69.1 Å². The molecule has 1 heterocycles. The van der Waals surface area contributed by atoms with E-state index in [4.69, 9.17) is 0 Å². The number of aromatic nitrogens is 3. The van der Waals surface area contributed by atoms with Gasteiger partial charge in [0.25, 0.3) is 5.91 Å². The third kappa shape index (κ3) is 5.14. The number of carbonyl (C=O) groups is 1. The standard InChI is InChI=1S/C24H24N6O/c1-2-29(17-20-8-4-3-5-9-20)21-14-12-19(13-15-21)16-25-27-24(31)18-30-23-11-7-6-10-22(23)26-28-30/h3-16H,2,17-18H2,1H3,(H,27,31)/b25-16-. The Morgan fingerprint density at radius 2 is 1.77 bits per heavy atom. The highest BCUT2D eigenvalue weighted by atomic mass is 16.2. The Morgan fingerprint density at radius 1 is 1.03 bits per heavy atom. The van der Waals surface area contributed by atoms with Crippen LogP contribution in [0.15, 0.2) is 84.0 Å². The predicted octanol–water partition coefficient (Wildman–Crippen LogP) is 3.61. The van der Waals surface area contributed by atoms with Crippen LogP contribution in [0.4, 0.5) is 5.69 Å². The lowest BCUT2D eigenvalue weighted by Gasteiger charge is -2.23. The molecule has 0 unspecified atom stereocenters. The molecule has 1 aromatic heterocycles. The summed E-state index contributed by atoms with van der Waals surface area (Å²) in [6, 6.07) is 26.0. The Bertz CT molecular complexity index is 1170. The second-order valence-electron chi connectivity index (χ2n) is 7.12. The van der Waals surface area contributed by atoms with Crippen LogP contribution in [0, 0.1) is 0 Å². The number of hydrogen-bond acceptors (Lipinski definition) is 5. The predicted molar refractivity (Wildman–Crippen MR) is 123 cm³/mol. The Morgan fingerprint density at radius 3 is 2.55 bits per heavy atom. The molecule has 1 N–H and O–H groups in total. The second kappa shape index (κ2) is 9.67.